The van der Waals surface area contributed by atoms with Gasteiger partial charge >= 0.3 is 6.16 Å². The molecule has 0 bridgehead atoms. The number of carbonyl (C=O) groups is 3. The molecule has 3 aromatic carbocycles. The number of rotatable bonds is 9. The zero-order valence-electron chi connectivity index (χ0n) is 19.3. The molecule has 0 fully saturated rings. The number of anilines is 1. The predicted molar refractivity (Wildman–Crippen MR) is 129 cm³/mol. The van der Waals surface area contributed by atoms with Crippen LogP contribution in [0, 0.1) is 0 Å². The van der Waals surface area contributed by atoms with E-state index in [1.165, 1.54) is 36.4 Å². The minimum Gasteiger partial charge on any atom is -0.508 e. The molecular formula is C26H26N2O7. The maximum atomic E-state index is 12.5. The van der Waals surface area contributed by atoms with Gasteiger partial charge in [0, 0.05) is 17.8 Å². The summed E-state index contributed by atoms with van der Waals surface area (Å²) in [6.07, 6.45) is -1.52. The molecule has 1 unspecified atom stereocenters. The third-order valence-electron chi connectivity index (χ3n) is 4.78. The van der Waals surface area contributed by atoms with Crippen molar-refractivity contribution in [3.8, 4) is 17.2 Å². The van der Waals surface area contributed by atoms with E-state index < -0.39 is 12.3 Å². The summed E-state index contributed by atoms with van der Waals surface area (Å²) in [5.74, 6) is 0.258. The summed E-state index contributed by atoms with van der Waals surface area (Å²) >= 11 is 0. The van der Waals surface area contributed by atoms with Crippen molar-refractivity contribution in [3.63, 3.8) is 0 Å². The first-order valence-corrected chi connectivity index (χ1v) is 10.9. The molecule has 0 saturated heterocycles. The molecule has 3 aromatic rings. The summed E-state index contributed by atoms with van der Waals surface area (Å²) in [5, 5.41) is 14.9. The number of hydrogen-bond acceptors (Lipinski definition) is 7. The SMILES string of the molecule is CCOC(=O)Oc1ccc(C(=O)Nc2ccc(CNC(=O)C(C)Oc3ccc(O)cc3)cc2)cc1. The molecule has 9 heteroatoms. The lowest BCUT2D eigenvalue weighted by molar-refractivity contribution is -0.127. The predicted octanol–water partition coefficient (Wildman–Crippen LogP) is 4.26. The highest BCUT2D eigenvalue weighted by Crippen LogP contribution is 2.18. The Labute approximate surface area is 202 Å². The maximum Gasteiger partial charge on any atom is 0.513 e. The quantitative estimate of drug-likeness (QED) is 0.310. The molecule has 0 aliphatic heterocycles. The molecule has 35 heavy (non-hydrogen) atoms. The molecular weight excluding hydrogens is 452 g/mol. The van der Waals surface area contributed by atoms with Crippen molar-refractivity contribution in [1.29, 1.82) is 0 Å². The fourth-order valence-electron chi connectivity index (χ4n) is 2.94. The van der Waals surface area contributed by atoms with E-state index in [0.29, 0.717) is 17.0 Å². The minimum absolute atomic E-state index is 0.118. The second-order valence-electron chi connectivity index (χ2n) is 7.43. The summed E-state index contributed by atoms with van der Waals surface area (Å²) in [5.41, 5.74) is 1.81. The van der Waals surface area contributed by atoms with Gasteiger partial charge in [-0.15, -0.1) is 0 Å². The zero-order chi connectivity index (χ0) is 25.2. The average Bonchev–Trinajstić information content (AvgIpc) is 2.85. The molecule has 0 heterocycles. The highest BCUT2D eigenvalue weighted by molar-refractivity contribution is 6.04. The van der Waals surface area contributed by atoms with Gasteiger partial charge < -0.3 is 30.0 Å². The van der Waals surface area contributed by atoms with Crippen LogP contribution in [0.5, 0.6) is 17.2 Å². The molecule has 1 atom stereocenters. The van der Waals surface area contributed by atoms with Crippen molar-refractivity contribution in [2.75, 3.05) is 11.9 Å². The van der Waals surface area contributed by atoms with Crippen LogP contribution >= 0.6 is 0 Å². The van der Waals surface area contributed by atoms with Gasteiger partial charge in [0.05, 0.1) is 6.61 Å². The van der Waals surface area contributed by atoms with E-state index in [9.17, 15) is 19.5 Å². The number of phenolic OH excluding ortho intramolecular Hbond substituents is 1. The van der Waals surface area contributed by atoms with Crippen LogP contribution in [0.3, 0.4) is 0 Å². The largest absolute Gasteiger partial charge is 0.513 e. The summed E-state index contributed by atoms with van der Waals surface area (Å²) in [6.45, 7) is 3.81. The number of nitrogens with one attached hydrogen (secondary N) is 2. The van der Waals surface area contributed by atoms with Gasteiger partial charge in [-0.3, -0.25) is 9.59 Å². The molecule has 9 nitrogen and oxygen atoms in total. The summed E-state index contributed by atoms with van der Waals surface area (Å²) < 4.78 is 15.2. The summed E-state index contributed by atoms with van der Waals surface area (Å²) in [6, 6.07) is 19.2. The third-order valence-corrected chi connectivity index (χ3v) is 4.78. The Balaban J connectivity index is 1.47. The molecule has 0 aliphatic carbocycles. The first-order chi connectivity index (χ1) is 16.8. The first-order valence-electron chi connectivity index (χ1n) is 10.9. The van der Waals surface area contributed by atoms with Crippen LogP contribution in [0.15, 0.2) is 72.8 Å². The topological polar surface area (TPSA) is 123 Å². The smallest absolute Gasteiger partial charge is 0.508 e. The van der Waals surface area contributed by atoms with Gasteiger partial charge in [0.1, 0.15) is 17.2 Å². The standard InChI is InChI=1S/C26H26N2O7/c1-3-33-26(32)35-23-12-6-19(7-13-23)25(31)28-20-8-4-18(5-9-20)16-27-24(30)17(2)34-22-14-10-21(29)11-15-22/h4-15,17,29H,3,16H2,1-2H3,(H,27,30)(H,28,31). The van der Waals surface area contributed by atoms with E-state index >= 15 is 0 Å². The average molecular weight is 479 g/mol. The Morgan fingerprint density at radius 2 is 1.51 bits per heavy atom. The lowest BCUT2D eigenvalue weighted by Crippen LogP contribution is -2.35. The Morgan fingerprint density at radius 1 is 0.886 bits per heavy atom. The number of benzene rings is 3. The van der Waals surface area contributed by atoms with E-state index in [2.05, 4.69) is 10.6 Å². The van der Waals surface area contributed by atoms with Crippen molar-refractivity contribution in [2.24, 2.45) is 0 Å². The van der Waals surface area contributed by atoms with Crippen molar-refractivity contribution in [3.05, 3.63) is 83.9 Å². The third kappa shape index (κ3) is 7.78. The number of amides is 2. The summed E-state index contributed by atoms with van der Waals surface area (Å²) in [4.78, 5) is 36.1. The van der Waals surface area contributed by atoms with E-state index in [4.69, 9.17) is 14.2 Å². The van der Waals surface area contributed by atoms with Gasteiger partial charge in [-0.1, -0.05) is 12.1 Å². The van der Waals surface area contributed by atoms with Crippen LogP contribution < -0.4 is 20.1 Å². The Kier molecular flexibility index (Phi) is 8.66. The van der Waals surface area contributed by atoms with Gasteiger partial charge in [-0.2, -0.15) is 0 Å². The van der Waals surface area contributed by atoms with E-state index in [1.54, 1.807) is 50.2 Å². The van der Waals surface area contributed by atoms with Crippen molar-refractivity contribution < 1.29 is 33.7 Å². The van der Waals surface area contributed by atoms with Crippen molar-refractivity contribution in [2.45, 2.75) is 26.5 Å². The molecule has 182 valence electrons. The number of aromatic hydroxyl groups is 1. The highest BCUT2D eigenvalue weighted by atomic mass is 16.7. The Bertz CT molecular complexity index is 1140. The minimum atomic E-state index is -0.805. The molecule has 0 saturated carbocycles. The molecule has 0 spiro atoms. The highest BCUT2D eigenvalue weighted by Gasteiger charge is 2.14. The van der Waals surface area contributed by atoms with Gasteiger partial charge in [0.25, 0.3) is 11.8 Å². The molecule has 0 aliphatic rings. The number of ether oxygens (including phenoxy) is 3. The van der Waals surface area contributed by atoms with Crippen LogP contribution in [0.1, 0.15) is 29.8 Å². The normalized spacial score (nSPS) is 11.1. The Morgan fingerprint density at radius 3 is 2.14 bits per heavy atom. The molecule has 3 rings (SSSR count). The number of carbonyl (C=O) groups excluding carboxylic acids is 3. The van der Waals surface area contributed by atoms with Gasteiger partial charge in [-0.05, 0) is 80.1 Å². The van der Waals surface area contributed by atoms with Crippen molar-refractivity contribution in [1.82, 2.24) is 5.32 Å². The molecule has 2 amide bonds. The van der Waals surface area contributed by atoms with Gasteiger partial charge in [0.15, 0.2) is 6.10 Å². The van der Waals surface area contributed by atoms with E-state index in [0.717, 1.165) is 5.56 Å². The maximum absolute atomic E-state index is 12.5. The number of phenols is 1. The fraction of sp³-hybridized carbons (Fsp3) is 0.192. The zero-order valence-corrected chi connectivity index (χ0v) is 19.3. The van der Waals surface area contributed by atoms with E-state index in [1.807, 2.05) is 0 Å². The van der Waals surface area contributed by atoms with Crippen LogP contribution in [0.25, 0.3) is 0 Å². The van der Waals surface area contributed by atoms with E-state index in [-0.39, 0.29) is 36.5 Å². The van der Waals surface area contributed by atoms with Gasteiger partial charge in [-0.25, -0.2) is 4.79 Å². The monoisotopic (exact) mass is 478 g/mol. The second kappa shape index (κ2) is 12.1. The van der Waals surface area contributed by atoms with Crippen molar-refractivity contribution >= 4 is 23.7 Å². The first kappa shape index (κ1) is 25.1. The lowest BCUT2D eigenvalue weighted by Gasteiger charge is -2.15. The second-order valence-corrected chi connectivity index (χ2v) is 7.43. The molecule has 0 radical (unpaired) electrons. The van der Waals surface area contributed by atoms with Crippen LogP contribution in [0.2, 0.25) is 0 Å². The molecule has 3 N–H and O–H groups in total. The summed E-state index contributed by atoms with van der Waals surface area (Å²) in [7, 11) is 0. The van der Waals surface area contributed by atoms with Crippen LogP contribution in [-0.2, 0) is 16.1 Å². The van der Waals surface area contributed by atoms with Gasteiger partial charge in [0.2, 0.25) is 0 Å². The lowest BCUT2D eigenvalue weighted by atomic mass is 10.1. The fourth-order valence-corrected chi connectivity index (χ4v) is 2.94. The van der Waals surface area contributed by atoms with Crippen LogP contribution in [-0.4, -0.2) is 35.8 Å². The molecule has 0 aromatic heterocycles. The Hall–Kier alpha value is -4.53. The van der Waals surface area contributed by atoms with Crippen LogP contribution in [0.4, 0.5) is 10.5 Å². The number of hydrogen-bond donors (Lipinski definition) is 3.